The van der Waals surface area contributed by atoms with Crippen molar-refractivity contribution in [2.75, 3.05) is 24.7 Å². The minimum absolute atomic E-state index is 0.0650. The van der Waals surface area contributed by atoms with E-state index >= 15 is 0 Å². The number of rotatable bonds is 9. The number of nitrogens with one attached hydrogen (secondary N) is 2. The number of ether oxygens (including phenoxy) is 1. The first-order valence-corrected chi connectivity index (χ1v) is 14.4. The number of benzene rings is 3. The average Bonchev–Trinajstić information content (AvgIpc) is 3.03. The van der Waals surface area contributed by atoms with Gasteiger partial charge >= 0.3 is 0 Å². The highest BCUT2D eigenvalue weighted by Crippen LogP contribution is 2.30. The number of likely N-dealkylation sites (tertiary alicyclic amines) is 1. The molecule has 7 N–H and O–H groups in total. The van der Waals surface area contributed by atoms with Gasteiger partial charge < -0.3 is 31.1 Å². The van der Waals surface area contributed by atoms with E-state index in [1.807, 2.05) is 13.0 Å². The van der Waals surface area contributed by atoms with Gasteiger partial charge in [0.2, 0.25) is 11.6 Å². The predicted octanol–water partition coefficient (Wildman–Crippen LogP) is 4.09. The summed E-state index contributed by atoms with van der Waals surface area (Å²) in [5, 5.41) is 23.5. The van der Waals surface area contributed by atoms with Gasteiger partial charge in [-0.1, -0.05) is 6.07 Å². The largest absolute Gasteiger partial charge is 0.496 e. The van der Waals surface area contributed by atoms with E-state index in [4.69, 9.17) is 15.9 Å². The molecule has 1 aromatic heterocycles. The summed E-state index contributed by atoms with van der Waals surface area (Å²) in [4.78, 5) is 19.5. The van der Waals surface area contributed by atoms with Crippen LogP contribution in [0.15, 0.2) is 90.6 Å². The number of piperidine rings is 1. The van der Waals surface area contributed by atoms with Crippen molar-refractivity contribution in [1.82, 2.24) is 15.2 Å². The first-order chi connectivity index (χ1) is 21.6. The van der Waals surface area contributed by atoms with Crippen LogP contribution in [0.25, 0.3) is 0 Å². The molecule has 0 spiro atoms. The number of nitrogen functional groups attached to an aromatic ring is 1. The van der Waals surface area contributed by atoms with Crippen LogP contribution < -0.4 is 26.5 Å². The molecule has 0 aliphatic carbocycles. The molecule has 2 heterocycles. The number of anilines is 2. The van der Waals surface area contributed by atoms with Crippen molar-refractivity contribution in [3.05, 3.63) is 130 Å². The van der Waals surface area contributed by atoms with E-state index in [0.29, 0.717) is 58.1 Å². The Hall–Kier alpha value is -5.45. The molecule has 11 heteroatoms. The first-order valence-electron chi connectivity index (χ1n) is 14.4. The van der Waals surface area contributed by atoms with Gasteiger partial charge in [-0.2, -0.15) is 0 Å². The van der Waals surface area contributed by atoms with Crippen LogP contribution in [0.1, 0.15) is 45.6 Å². The van der Waals surface area contributed by atoms with E-state index in [1.54, 1.807) is 47.5 Å². The van der Waals surface area contributed by atoms with Crippen LogP contribution in [-0.4, -0.2) is 46.3 Å². The molecule has 1 aliphatic heterocycles. The smallest absolute Gasteiger partial charge is 0.251 e. The third kappa shape index (κ3) is 7.20. The van der Waals surface area contributed by atoms with Crippen molar-refractivity contribution in [1.29, 1.82) is 0 Å². The molecule has 0 saturated carbocycles. The van der Waals surface area contributed by atoms with Gasteiger partial charge in [0, 0.05) is 59.1 Å². The van der Waals surface area contributed by atoms with E-state index in [9.17, 15) is 18.7 Å². The maximum absolute atomic E-state index is 15.0. The van der Waals surface area contributed by atoms with Crippen LogP contribution in [0.2, 0.25) is 0 Å². The molecule has 9 nitrogen and oxygen atoms in total. The van der Waals surface area contributed by atoms with Crippen LogP contribution in [0.4, 0.5) is 20.2 Å². The molecule has 0 bridgehead atoms. The molecule has 232 valence electrons. The summed E-state index contributed by atoms with van der Waals surface area (Å²) in [6.45, 7) is 2.19. The molecule has 4 aromatic rings. The zero-order chi connectivity index (χ0) is 32.1. The SMILES string of the molecule is COc1cccc(F)c1CN1C[C@H](NC(=O)c2ccc(N)c(C(=[NH2+])c3ccnc(C)c3)c2)CC/C1=C(/O)Nc1ccc(F)cc1. The van der Waals surface area contributed by atoms with Crippen LogP contribution in [0, 0.1) is 18.6 Å². The Kier molecular flexibility index (Phi) is 9.27. The number of aliphatic hydroxyl groups excluding tert-OH is 1. The number of hydrogen-bond donors (Lipinski definition) is 5. The monoisotopic (exact) mass is 613 g/mol. The number of aromatic nitrogens is 1. The third-order valence-electron chi connectivity index (χ3n) is 7.73. The molecular weight excluding hydrogens is 578 g/mol. The number of amides is 1. The lowest BCUT2D eigenvalue weighted by molar-refractivity contribution is -0.111. The summed E-state index contributed by atoms with van der Waals surface area (Å²) in [7, 11) is 1.46. The van der Waals surface area contributed by atoms with Gasteiger partial charge in [-0.25, -0.2) is 8.78 Å². The van der Waals surface area contributed by atoms with Crippen LogP contribution in [-0.2, 0) is 6.54 Å². The molecule has 1 amide bonds. The zero-order valence-electron chi connectivity index (χ0n) is 25.0. The fraction of sp³-hybridized carbons (Fsp3) is 0.206. The Morgan fingerprint density at radius 3 is 2.62 bits per heavy atom. The van der Waals surface area contributed by atoms with E-state index < -0.39 is 11.6 Å². The molecule has 1 aliphatic rings. The highest BCUT2D eigenvalue weighted by Gasteiger charge is 2.29. The van der Waals surface area contributed by atoms with Crippen molar-refractivity contribution in [2.45, 2.75) is 32.4 Å². The molecular formula is C34H35F2N6O3+. The molecule has 45 heavy (non-hydrogen) atoms. The van der Waals surface area contributed by atoms with Crippen LogP contribution >= 0.6 is 0 Å². The van der Waals surface area contributed by atoms with Gasteiger partial charge in [0.15, 0.2) is 0 Å². The Morgan fingerprint density at radius 2 is 1.89 bits per heavy atom. The normalized spacial score (nSPS) is 15.7. The van der Waals surface area contributed by atoms with Crippen molar-refractivity contribution in [3.8, 4) is 5.75 Å². The fourth-order valence-electron chi connectivity index (χ4n) is 5.37. The second-order valence-corrected chi connectivity index (χ2v) is 10.8. The summed E-state index contributed by atoms with van der Waals surface area (Å²) in [6, 6.07) is 18.3. The summed E-state index contributed by atoms with van der Waals surface area (Å²) in [5.41, 5.74) is 10.8. The molecule has 1 fully saturated rings. The van der Waals surface area contributed by atoms with Gasteiger partial charge in [0.25, 0.3) is 5.91 Å². The number of halogens is 2. The minimum atomic E-state index is -0.460. The summed E-state index contributed by atoms with van der Waals surface area (Å²) in [6.07, 6.45) is 2.51. The van der Waals surface area contributed by atoms with Gasteiger partial charge in [-0.15, -0.1) is 0 Å². The molecule has 5 rings (SSSR count). The number of pyridine rings is 1. The number of carbonyl (C=O) groups is 1. The first kappa shape index (κ1) is 31.0. The minimum Gasteiger partial charge on any atom is -0.496 e. The molecule has 3 aromatic carbocycles. The Balaban J connectivity index is 1.38. The van der Waals surface area contributed by atoms with Crippen LogP contribution in [0.5, 0.6) is 5.75 Å². The number of allylic oxidation sites excluding steroid dienone is 1. The van der Waals surface area contributed by atoms with Crippen molar-refractivity contribution >= 4 is 23.0 Å². The fourth-order valence-corrected chi connectivity index (χ4v) is 5.37. The van der Waals surface area contributed by atoms with Gasteiger partial charge in [0.1, 0.15) is 17.4 Å². The highest BCUT2D eigenvalue weighted by atomic mass is 19.1. The zero-order valence-corrected chi connectivity index (χ0v) is 25.0. The van der Waals surface area contributed by atoms with Crippen LogP contribution in [0.3, 0.4) is 0 Å². The lowest BCUT2D eigenvalue weighted by Gasteiger charge is -2.37. The lowest BCUT2D eigenvalue weighted by atomic mass is 9.98. The number of hydrogen-bond acceptors (Lipinski definition) is 7. The number of nitrogens with two attached hydrogens (primary N) is 2. The molecule has 0 unspecified atom stereocenters. The average molecular weight is 614 g/mol. The number of aryl methyl sites for hydroxylation is 1. The second kappa shape index (κ2) is 13.5. The lowest BCUT2D eigenvalue weighted by Crippen LogP contribution is -2.47. The van der Waals surface area contributed by atoms with Gasteiger partial charge in [-0.3, -0.25) is 15.2 Å². The summed E-state index contributed by atoms with van der Waals surface area (Å²) >= 11 is 0. The van der Waals surface area contributed by atoms with E-state index in [0.717, 1.165) is 11.3 Å². The van der Waals surface area contributed by atoms with Crippen molar-refractivity contribution in [3.63, 3.8) is 0 Å². The molecule has 1 atom stereocenters. The predicted molar refractivity (Wildman–Crippen MR) is 168 cm³/mol. The molecule has 0 radical (unpaired) electrons. The van der Waals surface area contributed by atoms with E-state index in [1.165, 1.54) is 37.4 Å². The van der Waals surface area contributed by atoms with E-state index in [-0.39, 0.29) is 30.9 Å². The summed E-state index contributed by atoms with van der Waals surface area (Å²) in [5.74, 6) is -0.984. The third-order valence-corrected chi connectivity index (χ3v) is 7.73. The Morgan fingerprint density at radius 1 is 1.11 bits per heavy atom. The maximum atomic E-state index is 15.0. The number of aliphatic hydroxyl groups is 1. The van der Waals surface area contributed by atoms with Crippen molar-refractivity contribution in [2.24, 2.45) is 0 Å². The van der Waals surface area contributed by atoms with Gasteiger partial charge in [0.05, 0.1) is 18.4 Å². The molecule has 1 saturated heterocycles. The Labute approximate surface area is 259 Å². The number of methoxy groups -OCH3 is 1. The second-order valence-electron chi connectivity index (χ2n) is 10.8. The topological polar surface area (TPSA) is 138 Å². The van der Waals surface area contributed by atoms with E-state index in [2.05, 4.69) is 15.6 Å². The van der Waals surface area contributed by atoms with Crippen molar-refractivity contribution < 1.29 is 28.8 Å². The summed E-state index contributed by atoms with van der Waals surface area (Å²) < 4.78 is 33.8. The number of carbonyl (C=O) groups excluding carboxylic acids is 1. The Bertz CT molecular complexity index is 1760. The maximum Gasteiger partial charge on any atom is 0.251 e. The van der Waals surface area contributed by atoms with Gasteiger partial charge in [-0.05, 0) is 86.5 Å². The number of nitrogens with zero attached hydrogens (tertiary/aromatic N) is 2. The standard InChI is InChI=1S/C34H34F2N6O3/c1-20-16-21(14-15-39-20)32(38)26-17-22(6-12-29(26)37)33(43)41-25-11-13-30(34(44)40-24-9-7-23(35)8-10-24)42(18-25)19-27-28(36)4-3-5-31(27)45-2/h3-10,12,14-17,25,38,40,44H,11,13,18-19,37H2,1-2H3,(H,41,43)/p+1/b34-30-,38-32?/t25-/m1/s1. The quantitative estimate of drug-likeness (QED) is 0.109. The highest BCUT2D eigenvalue weighted by molar-refractivity contribution is 6.13.